The number of aryl methyl sites for hydroxylation is 2. The zero-order valence-electron chi connectivity index (χ0n) is 20.3. The second-order valence-electron chi connectivity index (χ2n) is 11.5. The first-order valence-electron chi connectivity index (χ1n) is 12.6. The van der Waals surface area contributed by atoms with Gasteiger partial charge in [-0.05, 0) is 110 Å². The first-order valence-corrected chi connectivity index (χ1v) is 12.6. The Hall–Kier alpha value is -1.02. The Morgan fingerprint density at radius 2 is 1.80 bits per heavy atom. The van der Waals surface area contributed by atoms with E-state index >= 15 is 0 Å². The Bertz CT molecular complexity index is 696. The van der Waals surface area contributed by atoms with Crippen molar-refractivity contribution < 1.29 is 10.2 Å². The molecule has 7 unspecified atom stereocenters. The summed E-state index contributed by atoms with van der Waals surface area (Å²) in [6, 6.07) is 5.70. The molecule has 0 bridgehead atoms. The van der Waals surface area contributed by atoms with Gasteiger partial charge in [-0.1, -0.05) is 53.5 Å². The first kappa shape index (κ1) is 23.6. The van der Waals surface area contributed by atoms with E-state index in [9.17, 15) is 10.2 Å². The lowest BCUT2D eigenvalue weighted by Crippen LogP contribution is -2.45. The van der Waals surface area contributed by atoms with Gasteiger partial charge in [0.1, 0.15) is 5.75 Å². The lowest BCUT2D eigenvalue weighted by molar-refractivity contribution is -0.0531. The molecule has 30 heavy (non-hydrogen) atoms. The minimum Gasteiger partial charge on any atom is -0.508 e. The molecule has 0 aliphatic heterocycles. The minimum atomic E-state index is -0.157. The molecule has 2 N–H and O–H groups in total. The highest BCUT2D eigenvalue weighted by atomic mass is 16.3. The molecule has 3 rings (SSSR count). The second-order valence-corrected chi connectivity index (χ2v) is 11.5. The molecule has 2 fully saturated rings. The third kappa shape index (κ3) is 4.90. The number of hydrogen-bond donors (Lipinski definition) is 2. The monoisotopic (exact) mass is 414 g/mol. The number of fused-ring (bicyclic) bond motifs is 1. The molecule has 0 aromatic heterocycles. The maximum Gasteiger partial charge on any atom is 0.115 e. The molecule has 1 aromatic carbocycles. The summed E-state index contributed by atoms with van der Waals surface area (Å²) in [5.74, 6) is 4.58. The van der Waals surface area contributed by atoms with Gasteiger partial charge in [0.25, 0.3) is 0 Å². The number of aliphatic hydroxyl groups is 1. The molecule has 0 saturated heterocycles. The average Bonchev–Trinajstić information content (AvgIpc) is 3.05. The van der Waals surface area contributed by atoms with Gasteiger partial charge in [0, 0.05) is 0 Å². The van der Waals surface area contributed by atoms with Crippen molar-refractivity contribution in [3.8, 4) is 5.75 Å². The van der Waals surface area contributed by atoms with Gasteiger partial charge in [-0.15, -0.1) is 0 Å². The SMILES string of the molecule is Cc1ccc(O)cc1CCC1C(O)CCC2(C)C(C(C)CCC(C)C(C)C)CCC12. The fraction of sp³-hybridized carbons (Fsp3) is 0.786. The van der Waals surface area contributed by atoms with Crippen LogP contribution in [0.25, 0.3) is 0 Å². The molecule has 0 spiro atoms. The van der Waals surface area contributed by atoms with E-state index in [1.807, 2.05) is 12.1 Å². The summed E-state index contributed by atoms with van der Waals surface area (Å²) in [6.45, 7) is 14.3. The van der Waals surface area contributed by atoms with Crippen LogP contribution in [0.3, 0.4) is 0 Å². The van der Waals surface area contributed by atoms with Gasteiger partial charge in [-0.3, -0.25) is 0 Å². The van der Waals surface area contributed by atoms with Crippen molar-refractivity contribution >= 4 is 0 Å². The van der Waals surface area contributed by atoms with E-state index in [4.69, 9.17) is 0 Å². The summed E-state index contributed by atoms with van der Waals surface area (Å²) in [4.78, 5) is 0. The van der Waals surface area contributed by atoms with E-state index in [1.54, 1.807) is 6.07 Å². The van der Waals surface area contributed by atoms with Gasteiger partial charge < -0.3 is 10.2 Å². The molecular formula is C28H46O2. The fourth-order valence-electron chi connectivity index (χ4n) is 6.95. The van der Waals surface area contributed by atoms with Crippen molar-refractivity contribution in [2.75, 3.05) is 0 Å². The Balaban J connectivity index is 1.67. The number of aliphatic hydroxyl groups excluding tert-OH is 1. The van der Waals surface area contributed by atoms with Gasteiger partial charge in [0.05, 0.1) is 6.10 Å². The molecule has 2 aliphatic rings. The molecule has 2 nitrogen and oxygen atoms in total. The summed E-state index contributed by atoms with van der Waals surface area (Å²) in [7, 11) is 0. The molecule has 2 saturated carbocycles. The Morgan fingerprint density at radius 3 is 2.50 bits per heavy atom. The predicted molar refractivity (Wildman–Crippen MR) is 127 cm³/mol. The van der Waals surface area contributed by atoms with E-state index in [0.29, 0.717) is 23.0 Å². The van der Waals surface area contributed by atoms with Crippen molar-refractivity contribution in [2.24, 2.45) is 40.9 Å². The van der Waals surface area contributed by atoms with Crippen LogP contribution in [-0.2, 0) is 6.42 Å². The molecule has 0 heterocycles. The van der Waals surface area contributed by atoms with Gasteiger partial charge >= 0.3 is 0 Å². The summed E-state index contributed by atoms with van der Waals surface area (Å²) in [5.41, 5.74) is 2.87. The summed E-state index contributed by atoms with van der Waals surface area (Å²) < 4.78 is 0. The maximum absolute atomic E-state index is 10.9. The van der Waals surface area contributed by atoms with E-state index in [2.05, 4.69) is 41.5 Å². The predicted octanol–water partition coefficient (Wildman–Crippen LogP) is 7.15. The van der Waals surface area contributed by atoms with Crippen LogP contribution in [0.15, 0.2) is 18.2 Å². The highest BCUT2D eigenvalue weighted by Crippen LogP contribution is 2.60. The van der Waals surface area contributed by atoms with Crippen LogP contribution in [0.2, 0.25) is 0 Å². The Labute approximate surface area is 185 Å². The van der Waals surface area contributed by atoms with Crippen LogP contribution < -0.4 is 0 Å². The molecule has 2 aliphatic carbocycles. The van der Waals surface area contributed by atoms with E-state index < -0.39 is 0 Å². The minimum absolute atomic E-state index is 0.157. The molecule has 7 atom stereocenters. The molecule has 170 valence electrons. The van der Waals surface area contributed by atoms with Crippen molar-refractivity contribution in [1.82, 2.24) is 0 Å². The van der Waals surface area contributed by atoms with Gasteiger partial charge in [-0.25, -0.2) is 0 Å². The molecule has 0 radical (unpaired) electrons. The molecule has 2 heteroatoms. The summed E-state index contributed by atoms with van der Waals surface area (Å²) in [6.07, 6.45) is 9.31. The van der Waals surface area contributed by atoms with E-state index in [0.717, 1.165) is 42.9 Å². The first-order chi connectivity index (χ1) is 14.1. The number of hydrogen-bond acceptors (Lipinski definition) is 2. The molecule has 0 amide bonds. The number of benzene rings is 1. The standard InChI is InChI=1S/C28H46O2/c1-18(2)19(3)7-8-21(5)25-13-14-26-24(27(30)15-16-28(25,26)6)12-10-22-17-23(29)11-9-20(22)4/h9,11,17-19,21,24-27,29-30H,7-8,10,12-16H2,1-6H3. The van der Waals surface area contributed by atoms with E-state index in [-0.39, 0.29) is 6.10 Å². The van der Waals surface area contributed by atoms with Gasteiger partial charge in [0.15, 0.2) is 0 Å². The third-order valence-corrected chi connectivity index (χ3v) is 9.45. The second kappa shape index (κ2) is 9.63. The third-order valence-electron chi connectivity index (χ3n) is 9.45. The zero-order chi connectivity index (χ0) is 22.1. The quantitative estimate of drug-likeness (QED) is 0.474. The van der Waals surface area contributed by atoms with E-state index in [1.165, 1.54) is 43.2 Å². The van der Waals surface area contributed by atoms with Crippen LogP contribution >= 0.6 is 0 Å². The fourth-order valence-corrected chi connectivity index (χ4v) is 6.95. The van der Waals surface area contributed by atoms with Crippen LogP contribution in [0.5, 0.6) is 5.75 Å². The lowest BCUT2D eigenvalue weighted by atomic mass is 9.57. The van der Waals surface area contributed by atoms with Gasteiger partial charge in [0.2, 0.25) is 0 Å². The highest BCUT2D eigenvalue weighted by Gasteiger charge is 2.54. The van der Waals surface area contributed by atoms with Crippen LogP contribution in [0, 0.1) is 47.8 Å². The van der Waals surface area contributed by atoms with Crippen molar-refractivity contribution in [1.29, 1.82) is 0 Å². The topological polar surface area (TPSA) is 40.5 Å². The van der Waals surface area contributed by atoms with Crippen molar-refractivity contribution in [3.63, 3.8) is 0 Å². The van der Waals surface area contributed by atoms with Crippen LogP contribution in [0.4, 0.5) is 0 Å². The molecule has 1 aromatic rings. The lowest BCUT2D eigenvalue weighted by Gasteiger charge is -2.49. The van der Waals surface area contributed by atoms with Crippen molar-refractivity contribution in [2.45, 2.75) is 99.0 Å². The number of phenols is 1. The highest BCUT2D eigenvalue weighted by molar-refractivity contribution is 5.34. The smallest absolute Gasteiger partial charge is 0.115 e. The normalized spacial score (nSPS) is 33.5. The largest absolute Gasteiger partial charge is 0.508 e. The molecular weight excluding hydrogens is 368 g/mol. The number of rotatable bonds is 8. The maximum atomic E-state index is 10.9. The van der Waals surface area contributed by atoms with Crippen LogP contribution in [0.1, 0.15) is 90.7 Å². The summed E-state index contributed by atoms with van der Waals surface area (Å²) >= 11 is 0. The average molecular weight is 415 g/mol. The number of aromatic hydroxyl groups is 1. The van der Waals surface area contributed by atoms with Crippen molar-refractivity contribution in [3.05, 3.63) is 29.3 Å². The Morgan fingerprint density at radius 1 is 1.07 bits per heavy atom. The zero-order valence-corrected chi connectivity index (χ0v) is 20.3. The Kier molecular flexibility index (Phi) is 7.59. The van der Waals surface area contributed by atoms with Gasteiger partial charge in [-0.2, -0.15) is 0 Å². The summed E-state index contributed by atoms with van der Waals surface area (Å²) in [5, 5.41) is 20.8. The van der Waals surface area contributed by atoms with Crippen LogP contribution in [-0.4, -0.2) is 16.3 Å². The number of phenolic OH excluding ortho intramolecular Hbond substituents is 1.